The maximum atomic E-state index is 6.84. The predicted octanol–water partition coefficient (Wildman–Crippen LogP) is 18.6. The van der Waals surface area contributed by atoms with Crippen molar-refractivity contribution in [1.29, 1.82) is 0 Å². The minimum atomic E-state index is -0.280. The van der Waals surface area contributed by atoms with E-state index in [9.17, 15) is 0 Å². The first kappa shape index (κ1) is 53.2. The molecule has 3 heterocycles. The Balaban J connectivity index is 0.00000672. The summed E-state index contributed by atoms with van der Waals surface area (Å²) in [5.74, 6) is 2.02. The van der Waals surface area contributed by atoms with Crippen molar-refractivity contribution in [2.45, 2.75) is 110 Å². The third kappa shape index (κ3) is 9.93. The van der Waals surface area contributed by atoms with Crippen molar-refractivity contribution >= 4 is 44.6 Å². The Morgan fingerprint density at radius 1 is 0.416 bits per heavy atom. The van der Waals surface area contributed by atoms with Crippen LogP contribution >= 0.6 is 0 Å². The summed E-state index contributed by atoms with van der Waals surface area (Å²) in [5, 5.41) is 2.22. The van der Waals surface area contributed by atoms with Crippen molar-refractivity contribution < 1.29 is 25.8 Å². The molecular weight excluding hydrogens is 1120 g/mol. The molecule has 77 heavy (non-hydrogen) atoms. The van der Waals surface area contributed by atoms with E-state index in [4.69, 9.17) is 9.72 Å². The van der Waals surface area contributed by atoms with Gasteiger partial charge in [0.1, 0.15) is 5.82 Å². The molecule has 10 aromatic rings. The maximum absolute atomic E-state index is 6.84. The molecule has 0 unspecified atom stereocenters. The molecule has 0 saturated carbocycles. The van der Waals surface area contributed by atoms with Gasteiger partial charge in [0.2, 0.25) is 0 Å². The first-order valence-corrected chi connectivity index (χ1v) is 26.8. The van der Waals surface area contributed by atoms with Crippen LogP contribution in [0.3, 0.4) is 0 Å². The average molecular weight is 1190 g/mol. The minimum absolute atomic E-state index is 0. The smallest absolute Gasteiger partial charge is 0.135 e. The number of anilines is 4. The average Bonchev–Trinajstić information content (AvgIpc) is 3.98. The monoisotopic (exact) mass is 1190 g/mol. The number of nitrogens with zero attached hydrogens (tertiary/aromatic N) is 4. The van der Waals surface area contributed by atoms with Crippen molar-refractivity contribution in [2.75, 3.05) is 9.80 Å². The number of aromatic nitrogens is 2. The first-order chi connectivity index (χ1) is 36.2. The molecular formula is C71H69N4OPt-3. The topological polar surface area (TPSA) is 33.5 Å². The zero-order valence-electron chi connectivity index (χ0n) is 46.6. The van der Waals surface area contributed by atoms with Crippen LogP contribution in [0.25, 0.3) is 27.6 Å². The standard InChI is InChI=1S/C71H69N4O.Pt/c1-67(2,3)51-31-34-60-61-35-33-59(46-64(61)75(63(60)42-51)66-44-53(37-38-72-66)69(7,8)48-23-16-13-17-24-48)76-58-30-22-29-56(45-58)73-47-74(65-43-52(68(4,5)6)32-36-62(65)73)57-40-54(70(9,10)49-25-18-14-19-26-49)39-55(41-57)71(11,12)50-27-20-15-21-28-50;/h13-44,47H,1-12H3;/q-3;. The Hall–Kier alpha value is -7.20. The van der Waals surface area contributed by atoms with Crippen LogP contribution in [0.5, 0.6) is 11.5 Å². The Morgan fingerprint density at radius 2 is 0.948 bits per heavy atom. The Kier molecular flexibility index (Phi) is 13.8. The van der Waals surface area contributed by atoms with Gasteiger partial charge >= 0.3 is 0 Å². The van der Waals surface area contributed by atoms with Crippen LogP contribution in [-0.2, 0) is 48.1 Å². The van der Waals surface area contributed by atoms with Gasteiger partial charge in [-0.15, -0.1) is 48.1 Å². The van der Waals surface area contributed by atoms with Crippen molar-refractivity contribution in [3.05, 3.63) is 258 Å². The van der Waals surface area contributed by atoms with Gasteiger partial charge in [-0.25, -0.2) is 4.98 Å². The van der Waals surface area contributed by atoms with E-state index < -0.39 is 0 Å². The number of fused-ring (bicyclic) bond motifs is 4. The summed E-state index contributed by atoms with van der Waals surface area (Å²) in [6.07, 6.45) is 1.94. The van der Waals surface area contributed by atoms with Crippen molar-refractivity contribution in [1.82, 2.24) is 9.55 Å². The Labute approximate surface area is 471 Å². The SMILES string of the molecule is CC(C)(C)c1ccc2c(c1)N(c1cc(C(C)(C)c3ccccc3)cc(C(C)(C)c3ccccc3)c1)[CH-]N2c1[c-]c(Oc2[c-]c3c(cc2)c2ccc(C(C)(C)C)cc2n3-c2cc(C(C)(C)c3ccccc3)ccn2)ccc1.[Pt]. The second-order valence-corrected chi connectivity index (χ2v) is 24.4. The number of hydrogen-bond acceptors (Lipinski definition) is 4. The molecule has 1 aliphatic rings. The molecule has 0 fully saturated rings. The van der Waals surface area contributed by atoms with Gasteiger partial charge in [0.25, 0.3) is 0 Å². The second kappa shape index (κ2) is 20.0. The third-order valence-electron chi connectivity index (χ3n) is 16.2. The quantitative estimate of drug-likeness (QED) is 0.121. The molecule has 392 valence electrons. The summed E-state index contributed by atoms with van der Waals surface area (Å²) in [5.41, 5.74) is 15.2. The number of pyridine rings is 1. The van der Waals surface area contributed by atoms with E-state index in [-0.39, 0.29) is 48.1 Å². The van der Waals surface area contributed by atoms with Crippen molar-refractivity contribution in [3.8, 4) is 17.3 Å². The molecule has 11 rings (SSSR count). The van der Waals surface area contributed by atoms with Gasteiger partial charge in [0, 0.05) is 77.6 Å². The van der Waals surface area contributed by atoms with E-state index in [0.717, 1.165) is 50.4 Å². The first-order valence-electron chi connectivity index (χ1n) is 26.8. The van der Waals surface area contributed by atoms with Gasteiger partial charge in [0.15, 0.2) is 0 Å². The Bertz CT molecular complexity index is 3700. The van der Waals surface area contributed by atoms with E-state index in [0.29, 0.717) is 11.5 Å². The van der Waals surface area contributed by atoms with E-state index in [1.54, 1.807) is 0 Å². The zero-order chi connectivity index (χ0) is 53.4. The molecule has 0 spiro atoms. The van der Waals surface area contributed by atoms with Crippen LogP contribution in [0.1, 0.15) is 128 Å². The zero-order valence-corrected chi connectivity index (χ0v) is 48.8. The maximum Gasteiger partial charge on any atom is 0.135 e. The molecule has 0 saturated heterocycles. The molecule has 0 atom stereocenters. The number of rotatable bonds is 11. The summed E-state index contributed by atoms with van der Waals surface area (Å²) < 4.78 is 9.10. The van der Waals surface area contributed by atoms with Gasteiger partial charge < -0.3 is 19.1 Å². The number of ether oxygens (including phenoxy) is 1. The van der Waals surface area contributed by atoms with E-state index in [1.807, 2.05) is 18.3 Å². The third-order valence-corrected chi connectivity index (χ3v) is 16.2. The summed E-state index contributed by atoms with van der Waals surface area (Å²) in [4.78, 5) is 9.68. The van der Waals surface area contributed by atoms with E-state index in [1.165, 1.54) is 44.5 Å². The molecule has 0 N–H and O–H groups in total. The van der Waals surface area contributed by atoms with Gasteiger partial charge in [-0.05, 0) is 103 Å². The molecule has 6 heteroatoms. The fourth-order valence-corrected chi connectivity index (χ4v) is 10.9. The summed E-state index contributed by atoms with van der Waals surface area (Å²) in [6.45, 7) is 29.8. The van der Waals surface area contributed by atoms with Crippen LogP contribution in [0.2, 0.25) is 0 Å². The fraction of sp³-hybridized carbons (Fsp3) is 0.239. The van der Waals surface area contributed by atoms with Crippen LogP contribution in [0.15, 0.2) is 194 Å². The summed E-state index contributed by atoms with van der Waals surface area (Å²) in [6, 6.07) is 75.5. The predicted molar refractivity (Wildman–Crippen MR) is 317 cm³/mol. The minimum Gasteiger partial charge on any atom is -0.509 e. The molecule has 5 nitrogen and oxygen atoms in total. The second-order valence-electron chi connectivity index (χ2n) is 24.4. The largest absolute Gasteiger partial charge is 0.509 e. The van der Waals surface area contributed by atoms with Crippen LogP contribution in [0.4, 0.5) is 22.7 Å². The number of benzene rings is 8. The van der Waals surface area contributed by atoms with Gasteiger partial charge in [-0.3, -0.25) is 0 Å². The molecule has 0 amide bonds. The van der Waals surface area contributed by atoms with Crippen LogP contribution in [0, 0.1) is 18.8 Å². The van der Waals surface area contributed by atoms with E-state index in [2.05, 4.69) is 292 Å². The normalized spacial score (nSPS) is 13.2. The van der Waals surface area contributed by atoms with Crippen LogP contribution in [-0.4, -0.2) is 9.55 Å². The molecule has 2 aromatic heterocycles. The van der Waals surface area contributed by atoms with Gasteiger partial charge in [-0.2, -0.15) is 12.1 Å². The summed E-state index contributed by atoms with van der Waals surface area (Å²) >= 11 is 0. The fourth-order valence-electron chi connectivity index (χ4n) is 10.9. The molecule has 0 bridgehead atoms. The van der Waals surface area contributed by atoms with Crippen molar-refractivity contribution in [3.63, 3.8) is 0 Å². The molecule has 0 aliphatic carbocycles. The molecule has 8 aromatic carbocycles. The van der Waals surface area contributed by atoms with Crippen LogP contribution < -0.4 is 14.5 Å². The van der Waals surface area contributed by atoms with Gasteiger partial charge in [-0.1, -0.05) is 204 Å². The van der Waals surface area contributed by atoms with Gasteiger partial charge in [0.05, 0.1) is 0 Å². The molecule has 1 aliphatic heterocycles. The summed E-state index contributed by atoms with van der Waals surface area (Å²) in [7, 11) is 0. The van der Waals surface area contributed by atoms with E-state index >= 15 is 0 Å². The molecule has 0 radical (unpaired) electrons. The van der Waals surface area contributed by atoms with Crippen molar-refractivity contribution in [2.24, 2.45) is 0 Å². The Morgan fingerprint density at radius 3 is 1.53 bits per heavy atom. The number of hydrogen-bond donors (Lipinski definition) is 0.